The molecule has 57 valence electrons. The molecule has 3 nitrogen and oxygen atoms in total. The van der Waals surface area contributed by atoms with Gasteiger partial charge >= 0.3 is 0 Å². The predicted octanol–water partition coefficient (Wildman–Crippen LogP) is -0.209. The predicted molar refractivity (Wildman–Crippen MR) is 53.5 cm³/mol. The molecule has 0 aliphatic heterocycles. The first-order chi connectivity index (χ1) is 4.61. The van der Waals surface area contributed by atoms with Gasteiger partial charge in [-0.3, -0.25) is 4.55 Å². The minimum absolute atomic E-state index is 0. The summed E-state index contributed by atoms with van der Waals surface area (Å²) in [6.45, 7) is 0. The van der Waals surface area contributed by atoms with Gasteiger partial charge in [0.25, 0.3) is 10.1 Å². The maximum Gasteiger partial charge on any atom is 0.294 e. The topological polar surface area (TPSA) is 54.4 Å². The van der Waals surface area contributed by atoms with E-state index in [2.05, 4.69) is 0 Å². The third-order valence-corrected chi connectivity index (χ3v) is 1.91. The van der Waals surface area contributed by atoms with Crippen molar-refractivity contribution in [1.82, 2.24) is 0 Å². The van der Waals surface area contributed by atoms with Gasteiger partial charge in [0.15, 0.2) is 0 Å². The summed E-state index contributed by atoms with van der Waals surface area (Å²) in [7, 11) is -4.00. The quantitative estimate of drug-likeness (QED) is 0.533. The minimum atomic E-state index is -4.00. The molecule has 0 saturated heterocycles. The molecule has 0 heterocycles. The first-order valence-corrected chi connectivity index (χ1v) is 4.07. The van der Waals surface area contributed by atoms with Crippen molar-refractivity contribution in [2.75, 3.05) is 0 Å². The zero-order valence-electron chi connectivity index (χ0n) is 8.06. The van der Waals surface area contributed by atoms with Gasteiger partial charge in [-0.05, 0) is 12.1 Å². The second-order valence-electron chi connectivity index (χ2n) is 1.79. The van der Waals surface area contributed by atoms with Gasteiger partial charge in [-0.1, -0.05) is 18.2 Å². The normalized spacial score (nSPS) is 8.69. The summed E-state index contributed by atoms with van der Waals surface area (Å²) in [6.07, 6.45) is 0. The van der Waals surface area contributed by atoms with Gasteiger partial charge in [0, 0.05) is 88.7 Å². The molecule has 1 rings (SSSR count). The number of benzene rings is 1. The van der Waals surface area contributed by atoms with Crippen molar-refractivity contribution in [2.45, 2.75) is 4.90 Å². The zero-order chi connectivity index (χ0) is 7.61. The van der Waals surface area contributed by atoms with E-state index in [1.54, 1.807) is 18.2 Å². The van der Waals surface area contributed by atoms with E-state index in [9.17, 15) is 8.42 Å². The molecular formula is C6H6Na3O3S. The van der Waals surface area contributed by atoms with Crippen LogP contribution in [0.3, 0.4) is 0 Å². The van der Waals surface area contributed by atoms with Gasteiger partial charge in [0.2, 0.25) is 0 Å². The molecule has 0 spiro atoms. The fraction of sp³-hybridized carbons (Fsp3) is 0. The molecule has 0 fully saturated rings. The zero-order valence-corrected chi connectivity index (χ0v) is 14.9. The van der Waals surface area contributed by atoms with Gasteiger partial charge in [0.05, 0.1) is 4.90 Å². The standard InChI is InChI=1S/C6H6O3S.3Na/c7-10(8,9)6-4-2-1-3-5-6;;;/h1-5H,(H,7,8,9);;;. The van der Waals surface area contributed by atoms with E-state index in [-0.39, 0.29) is 93.6 Å². The first-order valence-electron chi connectivity index (χ1n) is 2.63. The molecule has 0 aromatic heterocycles. The molecule has 0 saturated carbocycles. The number of hydrogen-bond donors (Lipinski definition) is 1. The third kappa shape index (κ3) is 7.99. The van der Waals surface area contributed by atoms with Crippen LogP contribution >= 0.6 is 0 Å². The van der Waals surface area contributed by atoms with E-state index >= 15 is 0 Å². The van der Waals surface area contributed by atoms with E-state index in [4.69, 9.17) is 4.55 Å². The molecule has 13 heavy (non-hydrogen) atoms. The summed E-state index contributed by atoms with van der Waals surface area (Å²) in [5.74, 6) is 0. The second kappa shape index (κ2) is 9.36. The molecule has 7 heteroatoms. The van der Waals surface area contributed by atoms with Crippen LogP contribution in [0.2, 0.25) is 0 Å². The van der Waals surface area contributed by atoms with Crippen LogP contribution in [0, 0.1) is 0 Å². The largest absolute Gasteiger partial charge is 0.294 e. The molecule has 1 aromatic carbocycles. The van der Waals surface area contributed by atoms with Crippen LogP contribution in [0.1, 0.15) is 0 Å². The summed E-state index contributed by atoms with van der Waals surface area (Å²) in [5, 5.41) is 0. The minimum Gasteiger partial charge on any atom is -0.282 e. The molecule has 0 unspecified atom stereocenters. The molecule has 0 atom stereocenters. The Hall–Kier alpha value is 2.13. The molecule has 1 aromatic rings. The fourth-order valence-electron chi connectivity index (χ4n) is 0.592. The van der Waals surface area contributed by atoms with E-state index in [1.807, 2.05) is 0 Å². The Kier molecular flexibility index (Phi) is 14.8. The maximum atomic E-state index is 10.4. The summed E-state index contributed by atoms with van der Waals surface area (Å²) >= 11 is 0. The Morgan fingerprint density at radius 2 is 1.31 bits per heavy atom. The van der Waals surface area contributed by atoms with E-state index < -0.39 is 10.1 Å². The summed E-state index contributed by atoms with van der Waals surface area (Å²) < 4.78 is 29.2. The van der Waals surface area contributed by atoms with Gasteiger partial charge in [-0.2, -0.15) is 8.42 Å². The molecule has 3 radical (unpaired) electrons. The van der Waals surface area contributed by atoms with E-state index in [0.29, 0.717) is 0 Å². The smallest absolute Gasteiger partial charge is 0.282 e. The van der Waals surface area contributed by atoms with Gasteiger partial charge in [0.1, 0.15) is 0 Å². The Balaban J connectivity index is -0.000000333. The van der Waals surface area contributed by atoms with Crippen LogP contribution < -0.4 is 0 Å². The summed E-state index contributed by atoms with van der Waals surface area (Å²) in [5.41, 5.74) is 0. The van der Waals surface area contributed by atoms with Crippen molar-refractivity contribution in [3.05, 3.63) is 30.3 Å². The van der Waals surface area contributed by atoms with Crippen molar-refractivity contribution in [2.24, 2.45) is 0 Å². The second-order valence-corrected chi connectivity index (χ2v) is 3.21. The Morgan fingerprint density at radius 3 is 1.54 bits per heavy atom. The van der Waals surface area contributed by atoms with Gasteiger partial charge in [-0.15, -0.1) is 0 Å². The van der Waals surface area contributed by atoms with Crippen LogP contribution in [0.25, 0.3) is 0 Å². The van der Waals surface area contributed by atoms with Crippen LogP contribution in [-0.2, 0) is 10.1 Å². The van der Waals surface area contributed by atoms with Crippen molar-refractivity contribution >= 4 is 98.8 Å². The average molecular weight is 227 g/mol. The van der Waals surface area contributed by atoms with Crippen molar-refractivity contribution in [3.8, 4) is 0 Å². The van der Waals surface area contributed by atoms with Crippen LogP contribution in [0.15, 0.2) is 35.2 Å². The van der Waals surface area contributed by atoms with E-state index in [0.717, 1.165) is 0 Å². The summed E-state index contributed by atoms with van der Waals surface area (Å²) in [4.78, 5) is -0.0741. The molecule has 0 aliphatic carbocycles. The Bertz CT molecular complexity index is 311. The van der Waals surface area contributed by atoms with Crippen LogP contribution in [-0.4, -0.2) is 102 Å². The van der Waals surface area contributed by atoms with Gasteiger partial charge < -0.3 is 0 Å². The van der Waals surface area contributed by atoms with Crippen molar-refractivity contribution in [3.63, 3.8) is 0 Å². The SMILES string of the molecule is O=S(=O)(O)c1ccccc1.[Na].[Na].[Na]. The number of rotatable bonds is 1. The average Bonchev–Trinajstić information content (AvgIpc) is 1.88. The summed E-state index contributed by atoms with van der Waals surface area (Å²) in [6, 6.07) is 7.42. The van der Waals surface area contributed by atoms with Crippen molar-refractivity contribution in [1.29, 1.82) is 0 Å². The van der Waals surface area contributed by atoms with E-state index in [1.165, 1.54) is 12.1 Å². The maximum absolute atomic E-state index is 10.4. The molecular weight excluding hydrogens is 221 g/mol. The fourth-order valence-corrected chi connectivity index (χ4v) is 1.09. The van der Waals surface area contributed by atoms with Crippen LogP contribution in [0.5, 0.6) is 0 Å². The van der Waals surface area contributed by atoms with Gasteiger partial charge in [-0.25, -0.2) is 0 Å². The first kappa shape index (κ1) is 20.5. The molecule has 0 aliphatic rings. The molecule has 1 N–H and O–H groups in total. The molecule has 0 amide bonds. The van der Waals surface area contributed by atoms with Crippen molar-refractivity contribution < 1.29 is 13.0 Å². The third-order valence-electron chi connectivity index (χ3n) is 1.04. The Morgan fingerprint density at radius 1 is 0.923 bits per heavy atom. The van der Waals surface area contributed by atoms with Crippen LogP contribution in [0.4, 0.5) is 0 Å². The monoisotopic (exact) mass is 227 g/mol. The molecule has 0 bridgehead atoms. The number of hydrogen-bond acceptors (Lipinski definition) is 2. The Labute approximate surface area is 144 Å².